The lowest BCUT2D eigenvalue weighted by molar-refractivity contribution is -0.138. The fraction of sp³-hybridized carbons (Fsp3) is 0.364. The summed E-state index contributed by atoms with van der Waals surface area (Å²) in [5.74, 6) is -0.690. The Kier molecular flexibility index (Phi) is 2.81. The van der Waals surface area contributed by atoms with Gasteiger partial charge >= 0.3 is 5.97 Å². The van der Waals surface area contributed by atoms with Crippen molar-refractivity contribution in [2.45, 2.75) is 12.2 Å². The molecule has 2 N–H and O–H groups in total. The zero-order valence-electron chi connectivity index (χ0n) is 9.34. The van der Waals surface area contributed by atoms with E-state index in [0.717, 1.165) is 0 Å². The van der Waals surface area contributed by atoms with Crippen molar-refractivity contribution in [1.29, 1.82) is 0 Å². The molecule has 6 nitrogen and oxygen atoms in total. The van der Waals surface area contributed by atoms with Crippen molar-refractivity contribution in [3.63, 3.8) is 0 Å². The van der Waals surface area contributed by atoms with Crippen LogP contribution in [0, 0.1) is 0 Å². The Labute approximate surface area is 97.3 Å². The molecule has 1 heterocycles. The predicted octanol–water partition coefficient (Wildman–Crippen LogP) is 0.934. The summed E-state index contributed by atoms with van der Waals surface area (Å²) in [7, 11) is 2.81. The van der Waals surface area contributed by atoms with Gasteiger partial charge in [-0.1, -0.05) is 0 Å². The molecule has 1 aromatic carbocycles. The molecule has 6 heteroatoms. The fourth-order valence-electron chi connectivity index (χ4n) is 1.63. The van der Waals surface area contributed by atoms with Gasteiger partial charge in [0.25, 0.3) is 0 Å². The highest BCUT2D eigenvalue weighted by atomic mass is 16.6. The first-order valence-corrected chi connectivity index (χ1v) is 4.91. The Morgan fingerprint density at radius 2 is 1.82 bits per heavy atom. The van der Waals surface area contributed by atoms with Crippen molar-refractivity contribution in [2.24, 2.45) is 0 Å². The van der Waals surface area contributed by atoms with Crippen molar-refractivity contribution in [1.82, 2.24) is 0 Å². The number of epoxide rings is 1. The number of phenolic OH excluding ortho intramolecular Hbond substituents is 1. The predicted molar refractivity (Wildman–Crippen MR) is 56.5 cm³/mol. The molecule has 0 spiro atoms. The molecule has 1 fully saturated rings. The first-order valence-electron chi connectivity index (χ1n) is 4.91. The van der Waals surface area contributed by atoms with E-state index in [4.69, 9.17) is 19.3 Å². The van der Waals surface area contributed by atoms with Gasteiger partial charge in [0.2, 0.25) is 5.75 Å². The first-order chi connectivity index (χ1) is 8.08. The molecule has 0 aliphatic carbocycles. The van der Waals surface area contributed by atoms with Crippen LogP contribution in [0.5, 0.6) is 17.2 Å². The molecule has 0 bridgehead atoms. The van der Waals surface area contributed by atoms with E-state index >= 15 is 0 Å². The number of hydrogen-bond donors (Lipinski definition) is 2. The van der Waals surface area contributed by atoms with Crippen molar-refractivity contribution >= 4 is 5.97 Å². The number of methoxy groups -OCH3 is 2. The first kappa shape index (κ1) is 11.5. The lowest BCUT2D eigenvalue weighted by Crippen LogP contribution is -2.05. The highest BCUT2D eigenvalue weighted by Gasteiger charge is 2.47. The number of rotatable bonds is 4. The maximum atomic E-state index is 10.7. The SMILES string of the molecule is COc1cc(C2OC2C(=O)O)cc(OC)c1O. The summed E-state index contributed by atoms with van der Waals surface area (Å²) in [6.45, 7) is 0. The summed E-state index contributed by atoms with van der Waals surface area (Å²) in [5.41, 5.74) is 0.601. The van der Waals surface area contributed by atoms with Gasteiger partial charge in [-0.15, -0.1) is 0 Å². The number of ether oxygens (including phenoxy) is 3. The van der Waals surface area contributed by atoms with Crippen LogP contribution in [0.2, 0.25) is 0 Å². The zero-order valence-corrected chi connectivity index (χ0v) is 9.34. The third-order valence-corrected chi connectivity index (χ3v) is 2.57. The van der Waals surface area contributed by atoms with Gasteiger partial charge in [0.1, 0.15) is 6.10 Å². The van der Waals surface area contributed by atoms with E-state index in [-0.39, 0.29) is 17.2 Å². The van der Waals surface area contributed by atoms with Gasteiger partial charge in [0, 0.05) is 0 Å². The molecule has 2 rings (SSSR count). The average molecular weight is 240 g/mol. The van der Waals surface area contributed by atoms with Crippen LogP contribution in [0.3, 0.4) is 0 Å². The molecule has 1 aliphatic rings. The van der Waals surface area contributed by atoms with Crippen molar-refractivity contribution in [3.8, 4) is 17.2 Å². The quantitative estimate of drug-likeness (QED) is 0.761. The standard InChI is InChI=1S/C11H12O6/c1-15-6-3-5(4-7(16-2)8(6)12)9-10(17-9)11(13)14/h3-4,9-10,12H,1-2H3,(H,13,14). The Hall–Kier alpha value is -1.95. The van der Waals surface area contributed by atoms with E-state index in [9.17, 15) is 9.90 Å². The van der Waals surface area contributed by atoms with Crippen LogP contribution in [-0.2, 0) is 9.53 Å². The van der Waals surface area contributed by atoms with E-state index < -0.39 is 18.2 Å². The van der Waals surface area contributed by atoms with Gasteiger partial charge < -0.3 is 24.4 Å². The lowest BCUT2D eigenvalue weighted by Gasteiger charge is -2.09. The Morgan fingerprint density at radius 3 is 2.18 bits per heavy atom. The molecule has 1 aromatic rings. The van der Waals surface area contributed by atoms with Gasteiger partial charge in [-0.05, 0) is 17.7 Å². The van der Waals surface area contributed by atoms with Gasteiger partial charge in [0.05, 0.1) is 14.2 Å². The summed E-state index contributed by atoms with van der Waals surface area (Å²) < 4.78 is 14.9. The van der Waals surface area contributed by atoms with Gasteiger partial charge in [-0.2, -0.15) is 0 Å². The van der Waals surface area contributed by atoms with Crippen LogP contribution in [0.25, 0.3) is 0 Å². The second-order valence-corrected chi connectivity index (χ2v) is 3.59. The summed E-state index contributed by atoms with van der Waals surface area (Å²) in [4.78, 5) is 10.7. The van der Waals surface area contributed by atoms with Crippen molar-refractivity contribution < 1.29 is 29.2 Å². The highest BCUT2D eigenvalue weighted by Crippen LogP contribution is 2.45. The minimum atomic E-state index is -1.01. The molecular formula is C11H12O6. The second kappa shape index (κ2) is 4.14. The minimum Gasteiger partial charge on any atom is -0.502 e. The molecule has 0 radical (unpaired) electrons. The number of hydrogen-bond acceptors (Lipinski definition) is 5. The van der Waals surface area contributed by atoms with Crippen LogP contribution in [0.15, 0.2) is 12.1 Å². The van der Waals surface area contributed by atoms with E-state index in [0.29, 0.717) is 5.56 Å². The highest BCUT2D eigenvalue weighted by molar-refractivity contribution is 5.76. The van der Waals surface area contributed by atoms with Gasteiger partial charge in [-0.3, -0.25) is 0 Å². The van der Waals surface area contributed by atoms with Crippen LogP contribution in [-0.4, -0.2) is 36.5 Å². The molecule has 17 heavy (non-hydrogen) atoms. The molecule has 0 amide bonds. The van der Waals surface area contributed by atoms with Crippen LogP contribution >= 0.6 is 0 Å². The molecule has 0 saturated carbocycles. The molecule has 92 valence electrons. The van der Waals surface area contributed by atoms with Gasteiger partial charge in [-0.25, -0.2) is 4.79 Å². The number of aromatic hydroxyl groups is 1. The maximum absolute atomic E-state index is 10.7. The maximum Gasteiger partial charge on any atom is 0.335 e. The molecule has 1 aliphatic heterocycles. The van der Waals surface area contributed by atoms with Crippen LogP contribution < -0.4 is 9.47 Å². The monoisotopic (exact) mass is 240 g/mol. The Balaban J connectivity index is 2.33. The smallest absolute Gasteiger partial charge is 0.335 e. The number of benzene rings is 1. The topological polar surface area (TPSA) is 88.5 Å². The summed E-state index contributed by atoms with van der Waals surface area (Å²) in [6, 6.07) is 3.07. The summed E-state index contributed by atoms with van der Waals surface area (Å²) >= 11 is 0. The summed E-state index contributed by atoms with van der Waals surface area (Å²) in [5, 5.41) is 18.4. The average Bonchev–Trinajstić information content (AvgIpc) is 3.09. The third kappa shape index (κ3) is 1.99. The molecule has 1 saturated heterocycles. The van der Waals surface area contributed by atoms with Crippen LogP contribution in [0.1, 0.15) is 11.7 Å². The Morgan fingerprint density at radius 1 is 1.29 bits per heavy atom. The number of carboxylic acids is 1. The molecular weight excluding hydrogens is 228 g/mol. The van der Waals surface area contributed by atoms with E-state index in [1.165, 1.54) is 26.4 Å². The number of carbonyl (C=O) groups is 1. The van der Waals surface area contributed by atoms with Crippen molar-refractivity contribution in [2.75, 3.05) is 14.2 Å². The number of phenols is 1. The van der Waals surface area contributed by atoms with Crippen molar-refractivity contribution in [3.05, 3.63) is 17.7 Å². The van der Waals surface area contributed by atoms with E-state index in [1.54, 1.807) is 0 Å². The molecule has 2 atom stereocenters. The van der Waals surface area contributed by atoms with E-state index in [1.807, 2.05) is 0 Å². The molecule has 0 aromatic heterocycles. The Bertz CT molecular complexity index is 430. The lowest BCUT2D eigenvalue weighted by atomic mass is 10.1. The van der Waals surface area contributed by atoms with E-state index in [2.05, 4.69) is 0 Å². The fourth-order valence-corrected chi connectivity index (χ4v) is 1.63. The zero-order chi connectivity index (χ0) is 12.6. The number of carboxylic acid groups (broad SMARTS) is 1. The normalized spacial score (nSPS) is 22.0. The summed E-state index contributed by atoms with van der Waals surface area (Å²) in [6.07, 6.45) is -1.36. The third-order valence-electron chi connectivity index (χ3n) is 2.57. The second-order valence-electron chi connectivity index (χ2n) is 3.59. The van der Waals surface area contributed by atoms with Crippen LogP contribution in [0.4, 0.5) is 0 Å². The minimum absolute atomic E-state index is 0.119. The number of aliphatic carboxylic acids is 1. The van der Waals surface area contributed by atoms with Gasteiger partial charge in [0.15, 0.2) is 17.6 Å². The largest absolute Gasteiger partial charge is 0.502 e. The molecule has 2 unspecified atom stereocenters.